The van der Waals surface area contributed by atoms with Crippen molar-refractivity contribution in [2.24, 2.45) is 0 Å². The van der Waals surface area contributed by atoms with Gasteiger partial charge < -0.3 is 15.1 Å². The van der Waals surface area contributed by atoms with Crippen molar-refractivity contribution in [3.63, 3.8) is 0 Å². The Morgan fingerprint density at radius 3 is 2.96 bits per heavy atom. The number of hydrogen-bond acceptors (Lipinski definition) is 3. The lowest BCUT2D eigenvalue weighted by Gasteiger charge is -2.38. The van der Waals surface area contributed by atoms with Crippen molar-refractivity contribution in [1.82, 2.24) is 15.2 Å². The van der Waals surface area contributed by atoms with Gasteiger partial charge in [0.1, 0.15) is 5.82 Å². The number of anilines is 1. The Morgan fingerprint density at radius 1 is 1.38 bits per heavy atom. The average molecular weight is 373 g/mol. The highest BCUT2D eigenvalue weighted by molar-refractivity contribution is 6.31. The number of benzene rings is 1. The number of carbonyl (C=O) groups is 1. The van der Waals surface area contributed by atoms with Crippen LogP contribution in [0.2, 0.25) is 5.02 Å². The number of urea groups is 1. The van der Waals surface area contributed by atoms with Crippen LogP contribution in [-0.4, -0.2) is 42.1 Å². The molecule has 0 spiro atoms. The quantitative estimate of drug-likeness (QED) is 0.886. The Morgan fingerprint density at radius 2 is 2.23 bits per heavy atom. The second-order valence-electron chi connectivity index (χ2n) is 6.78. The number of aromatic nitrogens is 1. The minimum atomic E-state index is -0.0505. The first kappa shape index (κ1) is 18.5. The fourth-order valence-electron chi connectivity index (χ4n) is 3.30. The van der Waals surface area contributed by atoms with E-state index in [4.69, 9.17) is 11.6 Å². The number of rotatable bonds is 4. The molecule has 1 aromatic heterocycles. The van der Waals surface area contributed by atoms with Gasteiger partial charge in [0.2, 0.25) is 0 Å². The third-order valence-corrected chi connectivity index (χ3v) is 5.33. The molecule has 0 bridgehead atoms. The van der Waals surface area contributed by atoms with E-state index in [-0.39, 0.29) is 12.1 Å². The number of hydrogen-bond donors (Lipinski definition) is 1. The van der Waals surface area contributed by atoms with E-state index in [1.54, 1.807) is 0 Å². The second-order valence-corrected chi connectivity index (χ2v) is 7.19. The lowest BCUT2D eigenvalue weighted by Crippen LogP contribution is -2.51. The number of nitrogens with one attached hydrogen (secondary N) is 1. The third kappa shape index (κ3) is 4.47. The number of piperidine rings is 1. The fraction of sp³-hybridized carbons (Fsp3) is 0.400. The summed E-state index contributed by atoms with van der Waals surface area (Å²) in [6, 6.07) is 11.9. The zero-order chi connectivity index (χ0) is 18.5. The third-order valence-electron chi connectivity index (χ3n) is 4.90. The van der Waals surface area contributed by atoms with Gasteiger partial charge in [-0.1, -0.05) is 29.8 Å². The minimum Gasteiger partial charge on any atom is -0.355 e. The molecule has 0 radical (unpaired) electrons. The van der Waals surface area contributed by atoms with E-state index in [9.17, 15) is 4.79 Å². The largest absolute Gasteiger partial charge is 0.355 e. The molecule has 5 nitrogen and oxygen atoms in total. The highest BCUT2D eigenvalue weighted by Crippen LogP contribution is 2.20. The number of likely N-dealkylation sites (N-methyl/N-ethyl adjacent to an activating group) is 1. The molecule has 2 heterocycles. The smallest absolute Gasteiger partial charge is 0.317 e. The minimum absolute atomic E-state index is 0.0505. The highest BCUT2D eigenvalue weighted by Gasteiger charge is 2.26. The summed E-state index contributed by atoms with van der Waals surface area (Å²) in [7, 11) is 1.87. The van der Waals surface area contributed by atoms with Crippen molar-refractivity contribution in [3.05, 3.63) is 58.7 Å². The van der Waals surface area contributed by atoms with Crippen LogP contribution in [0, 0.1) is 6.92 Å². The van der Waals surface area contributed by atoms with Gasteiger partial charge in [0, 0.05) is 37.9 Å². The Balaban J connectivity index is 1.56. The van der Waals surface area contributed by atoms with Crippen LogP contribution in [0.15, 0.2) is 42.6 Å². The number of amides is 2. The fourth-order valence-corrected chi connectivity index (χ4v) is 3.42. The molecule has 0 unspecified atom stereocenters. The van der Waals surface area contributed by atoms with Crippen LogP contribution >= 0.6 is 11.6 Å². The summed E-state index contributed by atoms with van der Waals surface area (Å²) >= 11 is 6.05. The van der Waals surface area contributed by atoms with Crippen LogP contribution in [0.4, 0.5) is 10.6 Å². The van der Waals surface area contributed by atoms with Gasteiger partial charge >= 0.3 is 6.03 Å². The molecular weight excluding hydrogens is 348 g/mol. The number of carbonyl (C=O) groups excluding carboxylic acids is 1. The molecule has 2 aromatic rings. The van der Waals surface area contributed by atoms with E-state index >= 15 is 0 Å². The van der Waals surface area contributed by atoms with Gasteiger partial charge in [0.15, 0.2) is 0 Å². The van der Waals surface area contributed by atoms with Gasteiger partial charge in [-0.2, -0.15) is 0 Å². The molecule has 138 valence electrons. The Hall–Kier alpha value is -2.27. The molecule has 3 rings (SSSR count). The number of nitrogens with zero attached hydrogens (tertiary/aromatic N) is 3. The maximum absolute atomic E-state index is 12.6. The molecule has 26 heavy (non-hydrogen) atoms. The van der Waals surface area contributed by atoms with Crippen molar-refractivity contribution in [1.29, 1.82) is 0 Å². The second kappa shape index (κ2) is 8.41. The Bertz CT molecular complexity index is 753. The van der Waals surface area contributed by atoms with Crippen molar-refractivity contribution in [2.45, 2.75) is 32.4 Å². The van der Waals surface area contributed by atoms with E-state index in [0.29, 0.717) is 6.54 Å². The first-order valence-electron chi connectivity index (χ1n) is 8.96. The number of aryl methyl sites for hydroxylation is 1. The van der Waals surface area contributed by atoms with Crippen LogP contribution in [0.25, 0.3) is 0 Å². The summed E-state index contributed by atoms with van der Waals surface area (Å²) in [6.07, 6.45) is 3.87. The van der Waals surface area contributed by atoms with Crippen LogP contribution in [0.3, 0.4) is 0 Å². The molecule has 1 aromatic carbocycles. The van der Waals surface area contributed by atoms with Crippen LogP contribution < -0.4 is 10.2 Å². The van der Waals surface area contributed by atoms with Crippen molar-refractivity contribution in [3.8, 4) is 0 Å². The maximum Gasteiger partial charge on any atom is 0.317 e. The van der Waals surface area contributed by atoms with Crippen molar-refractivity contribution < 1.29 is 4.79 Å². The molecule has 1 aliphatic rings. The molecule has 0 aliphatic carbocycles. The van der Waals surface area contributed by atoms with Crippen LogP contribution in [0.1, 0.15) is 24.0 Å². The van der Waals surface area contributed by atoms with Gasteiger partial charge in [-0.3, -0.25) is 0 Å². The summed E-state index contributed by atoms with van der Waals surface area (Å²) in [5.74, 6) is 0.975. The zero-order valence-electron chi connectivity index (χ0n) is 15.3. The lowest BCUT2D eigenvalue weighted by molar-refractivity contribution is 0.182. The van der Waals surface area contributed by atoms with E-state index in [2.05, 4.69) is 15.2 Å². The van der Waals surface area contributed by atoms with E-state index in [1.165, 1.54) is 0 Å². The molecule has 1 saturated heterocycles. The Kier molecular flexibility index (Phi) is 5.99. The monoisotopic (exact) mass is 372 g/mol. The van der Waals surface area contributed by atoms with Crippen molar-refractivity contribution in [2.75, 3.05) is 25.0 Å². The normalized spacial score (nSPS) is 17.0. The number of pyridine rings is 1. The molecule has 1 fully saturated rings. The standard InChI is InChI=1S/C20H25ClN4O/c1-15-12-16(8-9-18(15)21)13-23-20(26)24(2)17-6-5-11-25(14-17)19-7-3-4-10-22-19/h3-4,7-10,12,17H,5-6,11,13-14H2,1-2H3,(H,23,26)/t17-/m1/s1. The van der Waals surface area contributed by atoms with Gasteiger partial charge in [-0.15, -0.1) is 0 Å². The summed E-state index contributed by atoms with van der Waals surface area (Å²) in [4.78, 5) is 21.1. The van der Waals surface area contributed by atoms with E-state index in [0.717, 1.165) is 47.9 Å². The molecule has 0 saturated carbocycles. The first-order chi connectivity index (χ1) is 12.5. The van der Waals surface area contributed by atoms with Crippen molar-refractivity contribution >= 4 is 23.4 Å². The summed E-state index contributed by atoms with van der Waals surface area (Å²) < 4.78 is 0. The molecule has 1 N–H and O–H groups in total. The van der Waals surface area contributed by atoms with Crippen LogP contribution in [-0.2, 0) is 6.54 Å². The Labute approximate surface area is 160 Å². The predicted octanol–water partition coefficient (Wildman–Crippen LogP) is 3.85. The molecule has 2 amide bonds. The first-order valence-corrected chi connectivity index (χ1v) is 9.34. The van der Waals surface area contributed by atoms with Crippen LogP contribution in [0.5, 0.6) is 0 Å². The molecule has 1 atom stereocenters. The summed E-state index contributed by atoms with van der Waals surface area (Å²) in [5.41, 5.74) is 2.07. The highest BCUT2D eigenvalue weighted by atomic mass is 35.5. The van der Waals surface area contributed by atoms with Gasteiger partial charge in [-0.25, -0.2) is 9.78 Å². The molecule has 1 aliphatic heterocycles. The molecule has 6 heteroatoms. The number of halogens is 1. The van der Waals surface area contributed by atoms with Gasteiger partial charge in [0.05, 0.1) is 6.04 Å². The summed E-state index contributed by atoms with van der Waals surface area (Å²) in [5, 5.41) is 3.75. The van der Waals surface area contributed by atoms with E-state index in [1.807, 2.05) is 61.5 Å². The SMILES string of the molecule is Cc1cc(CNC(=O)N(C)[C@@H]2CCCN(c3ccccn3)C2)ccc1Cl. The summed E-state index contributed by atoms with van der Waals surface area (Å²) in [6.45, 7) is 4.25. The van der Waals surface area contributed by atoms with Gasteiger partial charge in [0.25, 0.3) is 0 Å². The van der Waals surface area contributed by atoms with E-state index < -0.39 is 0 Å². The maximum atomic E-state index is 12.6. The molecular formula is C20H25ClN4O. The topological polar surface area (TPSA) is 48.5 Å². The lowest BCUT2D eigenvalue weighted by atomic mass is 10.0. The predicted molar refractivity (Wildman–Crippen MR) is 106 cm³/mol. The van der Waals surface area contributed by atoms with Gasteiger partial charge in [-0.05, 0) is 49.1 Å². The average Bonchev–Trinajstić information content (AvgIpc) is 2.69. The zero-order valence-corrected chi connectivity index (χ0v) is 16.0.